The molecule has 0 N–H and O–H groups in total. The Labute approximate surface area is 207 Å². The number of hydrogen-bond acceptors (Lipinski definition) is 3. The fourth-order valence-corrected chi connectivity index (χ4v) is 4.30. The predicted octanol–water partition coefficient (Wildman–Crippen LogP) is 7.31. The number of quaternary nitrogens is 1. The molecule has 0 fully saturated rings. The minimum Gasteiger partial charge on any atom is -0.457 e. The van der Waals surface area contributed by atoms with Crippen molar-refractivity contribution in [3.8, 4) is 5.75 Å². The van der Waals surface area contributed by atoms with Crippen LogP contribution in [-0.2, 0) is 22.5 Å². The zero-order valence-corrected chi connectivity index (χ0v) is 21.8. The van der Waals surface area contributed by atoms with Crippen LogP contribution in [0.1, 0.15) is 82.3 Å². The van der Waals surface area contributed by atoms with Crippen LogP contribution in [0.5, 0.6) is 5.75 Å². The van der Waals surface area contributed by atoms with Gasteiger partial charge in [-0.25, -0.2) is 4.79 Å². The number of ether oxygens (including phenoxy) is 2. The van der Waals surface area contributed by atoms with Gasteiger partial charge in [0.15, 0.2) is 6.54 Å². The van der Waals surface area contributed by atoms with Crippen molar-refractivity contribution in [1.82, 2.24) is 0 Å². The molecule has 0 unspecified atom stereocenters. The number of esters is 1. The first-order chi connectivity index (χ1) is 16.5. The molecule has 0 spiro atoms. The quantitative estimate of drug-likeness (QED) is 0.0996. The molecule has 0 bridgehead atoms. The molecule has 0 aliphatic carbocycles. The number of benzene rings is 2. The zero-order valence-electron chi connectivity index (χ0n) is 21.8. The summed E-state index contributed by atoms with van der Waals surface area (Å²) in [4.78, 5) is 12.3. The Balaban J connectivity index is 1.59. The van der Waals surface area contributed by atoms with Crippen molar-refractivity contribution in [2.75, 3.05) is 27.4 Å². The van der Waals surface area contributed by atoms with Crippen molar-refractivity contribution < 1.29 is 18.8 Å². The standard InChI is InChI=1S/C30H46NO3/c1-4-5-6-7-8-9-10-11-12-14-18-27-21-17-22-29(23-27)33-26-34-30(32)25-31(2,3)24-28-19-15-13-16-20-28/h13,15-17,19-23H,4-12,14,18,24-26H2,1-3H3/q+1. The van der Waals surface area contributed by atoms with Crippen LogP contribution >= 0.6 is 0 Å². The molecular weight excluding hydrogens is 422 g/mol. The van der Waals surface area contributed by atoms with E-state index in [1.54, 1.807) is 0 Å². The molecule has 0 aromatic heterocycles. The van der Waals surface area contributed by atoms with Gasteiger partial charge >= 0.3 is 5.97 Å². The highest BCUT2D eigenvalue weighted by molar-refractivity contribution is 5.70. The van der Waals surface area contributed by atoms with Crippen molar-refractivity contribution in [3.05, 3.63) is 65.7 Å². The summed E-state index contributed by atoms with van der Waals surface area (Å²) in [6.07, 6.45) is 14.6. The molecule has 34 heavy (non-hydrogen) atoms. The van der Waals surface area contributed by atoms with Crippen LogP contribution in [-0.4, -0.2) is 37.9 Å². The summed E-state index contributed by atoms with van der Waals surface area (Å²) in [5.74, 6) is 0.512. The SMILES string of the molecule is CCCCCCCCCCCCc1cccc(OCOC(=O)C[N+](C)(C)Cc2ccccc2)c1. The van der Waals surface area contributed by atoms with E-state index in [0.29, 0.717) is 11.0 Å². The molecule has 2 rings (SSSR count). The Morgan fingerprint density at radius 2 is 1.38 bits per heavy atom. The summed E-state index contributed by atoms with van der Waals surface area (Å²) in [6, 6.07) is 18.4. The van der Waals surface area contributed by atoms with Crippen LogP contribution in [0.3, 0.4) is 0 Å². The number of aryl methyl sites for hydroxylation is 1. The van der Waals surface area contributed by atoms with Crippen molar-refractivity contribution >= 4 is 5.97 Å². The van der Waals surface area contributed by atoms with E-state index in [1.165, 1.54) is 75.3 Å². The molecule has 0 saturated heterocycles. The topological polar surface area (TPSA) is 35.5 Å². The van der Waals surface area contributed by atoms with Gasteiger partial charge < -0.3 is 14.0 Å². The third-order valence-corrected chi connectivity index (χ3v) is 6.17. The maximum Gasteiger partial charge on any atom is 0.364 e. The molecule has 0 aliphatic heterocycles. The molecule has 0 atom stereocenters. The van der Waals surface area contributed by atoms with E-state index in [0.717, 1.165) is 18.7 Å². The van der Waals surface area contributed by atoms with Crippen molar-refractivity contribution in [3.63, 3.8) is 0 Å². The minimum absolute atomic E-state index is 0.0497. The number of nitrogens with zero attached hydrogens (tertiary/aromatic N) is 1. The van der Waals surface area contributed by atoms with Crippen LogP contribution in [0.25, 0.3) is 0 Å². The van der Waals surface area contributed by atoms with Crippen LogP contribution in [0.4, 0.5) is 0 Å². The summed E-state index contributed by atoms with van der Waals surface area (Å²) < 4.78 is 11.6. The maximum absolute atomic E-state index is 12.3. The number of carbonyl (C=O) groups is 1. The molecule has 0 heterocycles. The molecule has 188 valence electrons. The molecule has 4 nitrogen and oxygen atoms in total. The van der Waals surface area contributed by atoms with Crippen LogP contribution < -0.4 is 4.74 Å². The largest absolute Gasteiger partial charge is 0.457 e. The average molecular weight is 469 g/mol. The lowest BCUT2D eigenvalue weighted by Crippen LogP contribution is -2.43. The molecule has 0 aliphatic rings. The summed E-state index contributed by atoms with van der Waals surface area (Å²) in [5.41, 5.74) is 2.49. The first kappa shape index (κ1) is 27.9. The van der Waals surface area contributed by atoms with Gasteiger partial charge in [-0.2, -0.15) is 0 Å². The Morgan fingerprint density at radius 3 is 2.06 bits per heavy atom. The van der Waals surface area contributed by atoms with Crippen molar-refractivity contribution in [2.45, 2.75) is 84.1 Å². The highest BCUT2D eigenvalue weighted by atomic mass is 16.7. The first-order valence-electron chi connectivity index (χ1n) is 13.2. The average Bonchev–Trinajstić information content (AvgIpc) is 2.80. The number of hydrogen-bond donors (Lipinski definition) is 0. The van der Waals surface area contributed by atoms with E-state index in [1.807, 2.05) is 44.4 Å². The summed E-state index contributed by atoms with van der Waals surface area (Å²) in [5, 5.41) is 0. The van der Waals surface area contributed by atoms with Gasteiger partial charge in [0.1, 0.15) is 12.3 Å². The third kappa shape index (κ3) is 12.8. The van der Waals surface area contributed by atoms with Crippen molar-refractivity contribution in [2.24, 2.45) is 0 Å². The second kappa shape index (κ2) is 16.3. The van der Waals surface area contributed by atoms with Gasteiger partial charge in [0, 0.05) is 5.56 Å². The first-order valence-corrected chi connectivity index (χ1v) is 13.2. The number of carbonyl (C=O) groups excluding carboxylic acids is 1. The van der Waals surface area contributed by atoms with Crippen LogP contribution in [0.2, 0.25) is 0 Å². The van der Waals surface area contributed by atoms with E-state index >= 15 is 0 Å². The zero-order chi connectivity index (χ0) is 24.5. The highest BCUT2D eigenvalue weighted by Gasteiger charge is 2.21. The van der Waals surface area contributed by atoms with Gasteiger partial charge in [-0.3, -0.25) is 0 Å². The summed E-state index contributed by atoms with van der Waals surface area (Å²) in [7, 11) is 4.07. The van der Waals surface area contributed by atoms with Crippen molar-refractivity contribution in [1.29, 1.82) is 0 Å². The van der Waals surface area contributed by atoms with Gasteiger partial charge in [-0.1, -0.05) is 107 Å². The smallest absolute Gasteiger partial charge is 0.364 e. The van der Waals surface area contributed by atoms with E-state index in [9.17, 15) is 4.79 Å². The van der Waals surface area contributed by atoms with Crippen LogP contribution in [0, 0.1) is 0 Å². The summed E-state index contributed by atoms with van der Waals surface area (Å²) >= 11 is 0. The molecule has 0 amide bonds. The summed E-state index contributed by atoms with van der Waals surface area (Å²) in [6.45, 7) is 3.30. The normalized spacial score (nSPS) is 11.4. The highest BCUT2D eigenvalue weighted by Crippen LogP contribution is 2.17. The van der Waals surface area contributed by atoms with E-state index in [-0.39, 0.29) is 12.8 Å². The Morgan fingerprint density at radius 1 is 0.765 bits per heavy atom. The van der Waals surface area contributed by atoms with Gasteiger partial charge in [0.25, 0.3) is 0 Å². The molecule has 4 heteroatoms. The van der Waals surface area contributed by atoms with E-state index in [4.69, 9.17) is 9.47 Å². The number of likely N-dealkylation sites (N-methyl/N-ethyl adjacent to an activating group) is 1. The Hall–Kier alpha value is -2.33. The lowest BCUT2D eigenvalue weighted by Gasteiger charge is -2.28. The molecule has 2 aromatic carbocycles. The van der Waals surface area contributed by atoms with E-state index < -0.39 is 0 Å². The fraction of sp³-hybridized carbons (Fsp3) is 0.567. The number of unbranched alkanes of at least 4 members (excludes halogenated alkanes) is 9. The van der Waals surface area contributed by atoms with Crippen LogP contribution in [0.15, 0.2) is 54.6 Å². The Kier molecular flexibility index (Phi) is 13.4. The maximum atomic E-state index is 12.3. The van der Waals surface area contributed by atoms with Gasteiger partial charge in [-0.05, 0) is 30.5 Å². The second-order valence-electron chi connectivity index (χ2n) is 10.1. The molecular formula is C30H46NO3+. The lowest BCUT2D eigenvalue weighted by atomic mass is 10.0. The predicted molar refractivity (Wildman–Crippen MR) is 141 cm³/mol. The fourth-order valence-electron chi connectivity index (χ4n) is 4.30. The van der Waals surface area contributed by atoms with Gasteiger partial charge in [-0.15, -0.1) is 0 Å². The third-order valence-electron chi connectivity index (χ3n) is 6.17. The van der Waals surface area contributed by atoms with Gasteiger partial charge in [0.2, 0.25) is 6.79 Å². The minimum atomic E-state index is -0.248. The second-order valence-corrected chi connectivity index (χ2v) is 10.1. The molecule has 0 radical (unpaired) electrons. The number of rotatable bonds is 18. The Bertz CT molecular complexity index is 804. The monoisotopic (exact) mass is 468 g/mol. The molecule has 2 aromatic rings. The van der Waals surface area contributed by atoms with E-state index in [2.05, 4.69) is 31.2 Å². The lowest BCUT2D eigenvalue weighted by molar-refractivity contribution is -0.896. The van der Waals surface area contributed by atoms with Gasteiger partial charge in [0.05, 0.1) is 14.1 Å². The molecule has 0 saturated carbocycles.